The van der Waals surface area contributed by atoms with Crippen molar-refractivity contribution in [1.82, 2.24) is 9.97 Å². The lowest BCUT2D eigenvalue weighted by Gasteiger charge is -2.29. The van der Waals surface area contributed by atoms with Crippen LogP contribution in [0.15, 0.2) is 12.3 Å². The highest BCUT2D eigenvalue weighted by Crippen LogP contribution is 2.21. The van der Waals surface area contributed by atoms with E-state index in [4.69, 9.17) is 10.5 Å². The molecule has 1 aromatic heterocycles. The minimum Gasteiger partial charge on any atom is -0.478 e. The minimum atomic E-state index is 0.351. The lowest BCUT2D eigenvalue weighted by molar-refractivity contribution is 0.326. The van der Waals surface area contributed by atoms with Crippen molar-refractivity contribution in [1.29, 1.82) is 0 Å². The summed E-state index contributed by atoms with van der Waals surface area (Å²) in [6.45, 7) is 4.22. The number of nitrogens with zero attached hydrogens (tertiary/aromatic N) is 3. The topological polar surface area (TPSA) is 64.3 Å². The molecule has 100 valence electrons. The Balaban J connectivity index is 2.18. The van der Waals surface area contributed by atoms with Crippen molar-refractivity contribution < 1.29 is 4.74 Å². The molecule has 0 bridgehead atoms. The van der Waals surface area contributed by atoms with Crippen molar-refractivity contribution in [2.24, 2.45) is 5.73 Å². The standard InChI is InChI=1S/C13H22N4O/c1-2-18-12-7-8-15-13(16-12)17-9-5-3-4-6-11(17)10-14/h7-8,11H,2-6,9-10,14H2,1H3. The van der Waals surface area contributed by atoms with Gasteiger partial charge in [-0.05, 0) is 19.8 Å². The van der Waals surface area contributed by atoms with E-state index in [1.54, 1.807) is 12.3 Å². The normalized spacial score (nSPS) is 20.6. The molecule has 2 heterocycles. The van der Waals surface area contributed by atoms with Gasteiger partial charge in [0, 0.05) is 31.4 Å². The first-order chi connectivity index (χ1) is 8.85. The molecule has 18 heavy (non-hydrogen) atoms. The van der Waals surface area contributed by atoms with Gasteiger partial charge in [-0.2, -0.15) is 4.98 Å². The summed E-state index contributed by atoms with van der Waals surface area (Å²) in [6, 6.07) is 2.15. The van der Waals surface area contributed by atoms with Crippen LogP contribution in [0.2, 0.25) is 0 Å². The molecule has 1 aliphatic heterocycles. The Morgan fingerprint density at radius 1 is 1.44 bits per heavy atom. The van der Waals surface area contributed by atoms with Crippen LogP contribution in [0.25, 0.3) is 0 Å². The van der Waals surface area contributed by atoms with Crippen molar-refractivity contribution in [2.45, 2.75) is 38.6 Å². The number of nitrogens with two attached hydrogens (primary N) is 1. The van der Waals surface area contributed by atoms with E-state index in [1.165, 1.54) is 19.3 Å². The second-order valence-electron chi connectivity index (χ2n) is 4.56. The summed E-state index contributed by atoms with van der Waals surface area (Å²) in [6.07, 6.45) is 6.56. The van der Waals surface area contributed by atoms with E-state index in [0.29, 0.717) is 25.1 Å². The molecule has 0 saturated carbocycles. The summed E-state index contributed by atoms with van der Waals surface area (Å²) in [4.78, 5) is 11.1. The fourth-order valence-corrected chi connectivity index (χ4v) is 2.38. The summed E-state index contributed by atoms with van der Waals surface area (Å²) in [5.41, 5.74) is 5.87. The average Bonchev–Trinajstić information content (AvgIpc) is 2.64. The van der Waals surface area contributed by atoms with Gasteiger partial charge in [0.2, 0.25) is 11.8 Å². The molecule has 0 radical (unpaired) electrons. The highest BCUT2D eigenvalue weighted by molar-refractivity contribution is 5.34. The molecule has 5 nitrogen and oxygen atoms in total. The quantitative estimate of drug-likeness (QED) is 0.879. The monoisotopic (exact) mass is 250 g/mol. The molecule has 0 spiro atoms. The maximum Gasteiger partial charge on any atom is 0.228 e. The van der Waals surface area contributed by atoms with Gasteiger partial charge in [0.15, 0.2) is 0 Å². The lowest BCUT2D eigenvalue weighted by Crippen LogP contribution is -2.41. The van der Waals surface area contributed by atoms with Gasteiger partial charge in [0.25, 0.3) is 0 Å². The molecule has 0 aliphatic carbocycles. The van der Waals surface area contributed by atoms with Crippen LogP contribution >= 0.6 is 0 Å². The molecule has 1 fully saturated rings. The molecular weight excluding hydrogens is 228 g/mol. The Morgan fingerprint density at radius 2 is 2.33 bits per heavy atom. The fraction of sp³-hybridized carbons (Fsp3) is 0.692. The van der Waals surface area contributed by atoms with Crippen molar-refractivity contribution in [2.75, 3.05) is 24.6 Å². The van der Waals surface area contributed by atoms with E-state index in [2.05, 4.69) is 14.9 Å². The lowest BCUT2D eigenvalue weighted by atomic mass is 10.1. The highest BCUT2D eigenvalue weighted by atomic mass is 16.5. The smallest absolute Gasteiger partial charge is 0.228 e. The van der Waals surface area contributed by atoms with Crippen molar-refractivity contribution in [3.05, 3.63) is 12.3 Å². The third-order valence-electron chi connectivity index (χ3n) is 3.32. The Morgan fingerprint density at radius 3 is 3.11 bits per heavy atom. The molecule has 1 atom stereocenters. The highest BCUT2D eigenvalue weighted by Gasteiger charge is 2.22. The summed E-state index contributed by atoms with van der Waals surface area (Å²) >= 11 is 0. The largest absolute Gasteiger partial charge is 0.478 e. The van der Waals surface area contributed by atoms with E-state index in [9.17, 15) is 0 Å². The van der Waals surface area contributed by atoms with E-state index >= 15 is 0 Å². The number of aromatic nitrogens is 2. The number of ether oxygens (including phenoxy) is 1. The van der Waals surface area contributed by atoms with Crippen LogP contribution in [-0.4, -0.2) is 35.7 Å². The summed E-state index contributed by atoms with van der Waals surface area (Å²) in [5.74, 6) is 1.39. The van der Waals surface area contributed by atoms with Crippen molar-refractivity contribution in [3.8, 4) is 5.88 Å². The van der Waals surface area contributed by atoms with E-state index in [1.807, 2.05) is 6.92 Å². The van der Waals surface area contributed by atoms with Crippen LogP contribution in [0.5, 0.6) is 5.88 Å². The number of hydrogen-bond donors (Lipinski definition) is 1. The van der Waals surface area contributed by atoms with Gasteiger partial charge in [-0.3, -0.25) is 0 Å². The average molecular weight is 250 g/mol. The predicted molar refractivity (Wildman–Crippen MR) is 71.9 cm³/mol. The summed E-state index contributed by atoms with van der Waals surface area (Å²) < 4.78 is 5.43. The van der Waals surface area contributed by atoms with Gasteiger partial charge >= 0.3 is 0 Å². The summed E-state index contributed by atoms with van der Waals surface area (Å²) in [7, 11) is 0. The van der Waals surface area contributed by atoms with Gasteiger partial charge < -0.3 is 15.4 Å². The van der Waals surface area contributed by atoms with Gasteiger partial charge in [0.05, 0.1) is 6.61 Å². The fourth-order valence-electron chi connectivity index (χ4n) is 2.38. The molecule has 2 N–H and O–H groups in total. The SMILES string of the molecule is CCOc1ccnc(N2CCCCCC2CN)n1. The molecule has 0 aromatic carbocycles. The Hall–Kier alpha value is -1.36. The number of hydrogen-bond acceptors (Lipinski definition) is 5. The van der Waals surface area contributed by atoms with Crippen LogP contribution in [0, 0.1) is 0 Å². The first-order valence-electron chi connectivity index (χ1n) is 6.77. The number of anilines is 1. The molecule has 1 aliphatic rings. The number of rotatable bonds is 4. The summed E-state index contributed by atoms with van der Waals surface area (Å²) in [5, 5.41) is 0. The Labute approximate surface area is 108 Å². The van der Waals surface area contributed by atoms with Crippen LogP contribution in [0.1, 0.15) is 32.6 Å². The molecule has 1 unspecified atom stereocenters. The zero-order chi connectivity index (χ0) is 12.8. The van der Waals surface area contributed by atoms with E-state index < -0.39 is 0 Å². The first-order valence-corrected chi connectivity index (χ1v) is 6.77. The molecule has 0 amide bonds. The molecule has 1 aromatic rings. The maximum atomic E-state index is 5.87. The van der Waals surface area contributed by atoms with Crippen LogP contribution in [-0.2, 0) is 0 Å². The first kappa shape index (κ1) is 13.1. The molecule has 1 saturated heterocycles. The second kappa shape index (κ2) is 6.54. The van der Waals surface area contributed by atoms with Gasteiger partial charge in [-0.1, -0.05) is 12.8 Å². The molecule has 5 heteroatoms. The van der Waals surface area contributed by atoms with E-state index in [-0.39, 0.29) is 0 Å². The van der Waals surface area contributed by atoms with E-state index in [0.717, 1.165) is 18.9 Å². The van der Waals surface area contributed by atoms with Gasteiger partial charge in [-0.15, -0.1) is 0 Å². The van der Waals surface area contributed by atoms with Gasteiger partial charge in [0.1, 0.15) is 0 Å². The van der Waals surface area contributed by atoms with Crippen molar-refractivity contribution >= 4 is 5.95 Å². The zero-order valence-corrected chi connectivity index (χ0v) is 11.0. The van der Waals surface area contributed by atoms with Crippen LogP contribution in [0.4, 0.5) is 5.95 Å². The Bertz CT molecular complexity index is 372. The third-order valence-corrected chi connectivity index (χ3v) is 3.32. The minimum absolute atomic E-state index is 0.351. The Kier molecular flexibility index (Phi) is 4.75. The second-order valence-corrected chi connectivity index (χ2v) is 4.56. The van der Waals surface area contributed by atoms with Crippen LogP contribution < -0.4 is 15.4 Å². The van der Waals surface area contributed by atoms with Gasteiger partial charge in [-0.25, -0.2) is 4.98 Å². The molecule has 2 rings (SSSR count). The predicted octanol–water partition coefficient (Wildman–Crippen LogP) is 1.58. The molecular formula is C13H22N4O. The maximum absolute atomic E-state index is 5.87. The zero-order valence-electron chi connectivity index (χ0n) is 11.0. The van der Waals surface area contributed by atoms with Crippen molar-refractivity contribution in [3.63, 3.8) is 0 Å². The third kappa shape index (κ3) is 3.10. The van der Waals surface area contributed by atoms with Crippen LogP contribution in [0.3, 0.4) is 0 Å².